The predicted molar refractivity (Wildman–Crippen MR) is 112 cm³/mol. The van der Waals surface area contributed by atoms with Gasteiger partial charge in [-0.25, -0.2) is 4.39 Å². The summed E-state index contributed by atoms with van der Waals surface area (Å²) < 4.78 is 24.6. The van der Waals surface area contributed by atoms with Crippen LogP contribution >= 0.6 is 11.6 Å². The van der Waals surface area contributed by atoms with E-state index in [1.54, 1.807) is 24.3 Å². The zero-order chi connectivity index (χ0) is 21.5. The van der Waals surface area contributed by atoms with Crippen LogP contribution in [0.3, 0.4) is 0 Å². The Balaban J connectivity index is 1.53. The highest BCUT2D eigenvalue weighted by Crippen LogP contribution is 2.23. The third-order valence-corrected chi connectivity index (χ3v) is 5.15. The van der Waals surface area contributed by atoms with Gasteiger partial charge in [-0.05, 0) is 48.7 Å². The van der Waals surface area contributed by atoms with Crippen molar-refractivity contribution in [3.8, 4) is 5.75 Å². The van der Waals surface area contributed by atoms with Crippen LogP contribution in [0.2, 0.25) is 5.02 Å². The van der Waals surface area contributed by atoms with E-state index in [-0.39, 0.29) is 24.1 Å². The molecule has 8 heteroatoms. The number of hydrogen-bond acceptors (Lipinski definition) is 5. The van der Waals surface area contributed by atoms with Gasteiger partial charge in [-0.15, -0.1) is 0 Å². The molecule has 0 radical (unpaired) electrons. The normalized spacial score (nSPS) is 18.6. The monoisotopic (exact) mass is 436 g/mol. The smallest absolute Gasteiger partial charge is 0.252 e. The molecule has 2 aromatic carbocycles. The average molecular weight is 437 g/mol. The number of ether oxygens (including phenoxy) is 2. The molecule has 6 nitrogen and oxygen atoms in total. The number of nitrogens with zero attached hydrogens (tertiary/aromatic N) is 1. The summed E-state index contributed by atoms with van der Waals surface area (Å²) in [6.45, 7) is 2.51. The molecule has 162 valence electrons. The summed E-state index contributed by atoms with van der Waals surface area (Å²) in [6, 6.07) is 11.0. The third kappa shape index (κ3) is 6.67. The molecule has 0 spiro atoms. The van der Waals surface area contributed by atoms with E-state index in [4.69, 9.17) is 26.8 Å². The Morgan fingerprint density at radius 2 is 2.10 bits per heavy atom. The molecule has 2 aromatic rings. The molecule has 1 saturated heterocycles. The lowest BCUT2D eigenvalue weighted by molar-refractivity contribution is 0.0360. The number of carbonyl (C=O) groups excluding carboxylic acids is 1. The van der Waals surface area contributed by atoms with Gasteiger partial charge in [0.1, 0.15) is 24.3 Å². The Labute approximate surface area is 180 Å². The summed E-state index contributed by atoms with van der Waals surface area (Å²) >= 11 is 5.90. The van der Waals surface area contributed by atoms with Gasteiger partial charge in [0.15, 0.2) is 0 Å². The van der Waals surface area contributed by atoms with Crippen LogP contribution in [0.4, 0.5) is 4.39 Å². The lowest BCUT2D eigenvalue weighted by atomic mass is 10.1. The highest BCUT2D eigenvalue weighted by Gasteiger charge is 2.22. The van der Waals surface area contributed by atoms with Crippen molar-refractivity contribution in [2.24, 2.45) is 5.73 Å². The Bertz CT molecular complexity index is 850. The highest BCUT2D eigenvalue weighted by atomic mass is 35.5. The van der Waals surface area contributed by atoms with E-state index in [0.29, 0.717) is 36.9 Å². The van der Waals surface area contributed by atoms with Gasteiger partial charge >= 0.3 is 0 Å². The molecule has 1 heterocycles. The second-order valence-corrected chi connectivity index (χ2v) is 7.84. The minimum absolute atomic E-state index is 0.0158. The van der Waals surface area contributed by atoms with Crippen LogP contribution in [0.5, 0.6) is 5.75 Å². The number of rotatable bonds is 8. The van der Waals surface area contributed by atoms with E-state index >= 15 is 0 Å². The molecule has 0 bridgehead atoms. The van der Waals surface area contributed by atoms with E-state index in [2.05, 4.69) is 4.90 Å². The van der Waals surface area contributed by atoms with Gasteiger partial charge in [-0.3, -0.25) is 9.69 Å². The minimum atomic E-state index is -0.758. The summed E-state index contributed by atoms with van der Waals surface area (Å²) in [5, 5.41) is 10.8. The first-order chi connectivity index (χ1) is 14.4. The molecule has 0 aliphatic carbocycles. The van der Waals surface area contributed by atoms with E-state index < -0.39 is 12.0 Å². The zero-order valence-corrected chi connectivity index (χ0v) is 17.4. The van der Waals surface area contributed by atoms with E-state index in [0.717, 1.165) is 18.5 Å². The standard InChI is InChI=1S/C22H26ClFN2O4/c23-16-4-7-21(20(11-16)22(25)28)30-14-18(27)12-26-8-1-9-29-19(13-26)10-15-2-5-17(24)6-3-15/h2-7,11,18-19,27H,1,8-10,12-14H2,(H2,25,28)/t18?,19-/m0/s1. The van der Waals surface area contributed by atoms with Gasteiger partial charge in [0.05, 0.1) is 11.7 Å². The van der Waals surface area contributed by atoms with Crippen molar-refractivity contribution >= 4 is 17.5 Å². The largest absolute Gasteiger partial charge is 0.490 e. The highest BCUT2D eigenvalue weighted by molar-refractivity contribution is 6.31. The topological polar surface area (TPSA) is 85.0 Å². The molecule has 1 amide bonds. The van der Waals surface area contributed by atoms with Crippen molar-refractivity contribution < 1.29 is 23.8 Å². The lowest BCUT2D eigenvalue weighted by Crippen LogP contribution is -2.40. The van der Waals surface area contributed by atoms with Crippen LogP contribution in [0.15, 0.2) is 42.5 Å². The van der Waals surface area contributed by atoms with Crippen molar-refractivity contribution in [1.29, 1.82) is 0 Å². The third-order valence-electron chi connectivity index (χ3n) is 4.92. The Morgan fingerprint density at radius 3 is 2.83 bits per heavy atom. The minimum Gasteiger partial charge on any atom is -0.490 e. The Morgan fingerprint density at radius 1 is 1.33 bits per heavy atom. The maximum absolute atomic E-state index is 13.1. The van der Waals surface area contributed by atoms with E-state index in [1.165, 1.54) is 18.2 Å². The van der Waals surface area contributed by atoms with Crippen LogP contribution < -0.4 is 10.5 Å². The fourth-order valence-electron chi connectivity index (χ4n) is 3.50. The van der Waals surface area contributed by atoms with Gasteiger partial charge in [0.2, 0.25) is 0 Å². The van der Waals surface area contributed by atoms with Gasteiger partial charge < -0.3 is 20.3 Å². The molecule has 3 rings (SSSR count). The van der Waals surface area contributed by atoms with Gasteiger partial charge in [0, 0.05) is 31.3 Å². The quantitative estimate of drug-likeness (QED) is 0.664. The molecular weight excluding hydrogens is 411 g/mol. The summed E-state index contributed by atoms with van der Waals surface area (Å²) in [6.07, 6.45) is 0.738. The molecule has 1 unspecified atom stereocenters. The average Bonchev–Trinajstić information content (AvgIpc) is 2.93. The predicted octanol–water partition coefficient (Wildman–Crippen LogP) is 2.65. The van der Waals surface area contributed by atoms with Crippen LogP contribution in [-0.2, 0) is 11.2 Å². The molecule has 1 aliphatic heterocycles. The first kappa shape index (κ1) is 22.5. The van der Waals surface area contributed by atoms with Crippen molar-refractivity contribution in [3.63, 3.8) is 0 Å². The molecule has 1 fully saturated rings. The first-order valence-electron chi connectivity index (χ1n) is 9.89. The molecule has 30 heavy (non-hydrogen) atoms. The second kappa shape index (κ2) is 10.7. The molecule has 3 N–H and O–H groups in total. The van der Waals surface area contributed by atoms with Gasteiger partial charge in [-0.1, -0.05) is 23.7 Å². The Hall–Kier alpha value is -2.19. The Kier molecular flexibility index (Phi) is 8.04. The molecule has 1 aliphatic rings. The molecular formula is C22H26ClFN2O4. The number of amides is 1. The van der Waals surface area contributed by atoms with Crippen LogP contribution in [0.1, 0.15) is 22.3 Å². The fraction of sp³-hybridized carbons (Fsp3) is 0.409. The zero-order valence-electron chi connectivity index (χ0n) is 16.6. The number of carbonyl (C=O) groups is 1. The maximum atomic E-state index is 13.1. The molecule has 0 aromatic heterocycles. The SMILES string of the molecule is NC(=O)c1cc(Cl)ccc1OCC(O)CN1CCCO[C@@H](Cc2ccc(F)cc2)C1. The summed E-state index contributed by atoms with van der Waals surface area (Å²) in [5.41, 5.74) is 6.55. The van der Waals surface area contributed by atoms with E-state index in [9.17, 15) is 14.3 Å². The first-order valence-corrected chi connectivity index (χ1v) is 10.3. The maximum Gasteiger partial charge on any atom is 0.252 e. The summed E-state index contributed by atoms with van der Waals surface area (Å²) in [7, 11) is 0. The van der Waals surface area contributed by atoms with Crippen LogP contribution in [0, 0.1) is 5.82 Å². The lowest BCUT2D eigenvalue weighted by Gasteiger charge is -2.26. The second-order valence-electron chi connectivity index (χ2n) is 7.41. The number of aliphatic hydroxyl groups excluding tert-OH is 1. The number of hydrogen-bond donors (Lipinski definition) is 2. The number of β-amino-alcohol motifs (C(OH)–C–C–N with tert-alkyl or cyclic N) is 1. The van der Waals surface area contributed by atoms with E-state index in [1.807, 2.05) is 0 Å². The number of primary amides is 1. The van der Waals surface area contributed by atoms with Crippen LogP contribution in [0.25, 0.3) is 0 Å². The number of halogens is 2. The summed E-state index contributed by atoms with van der Waals surface area (Å²) in [4.78, 5) is 13.7. The molecule has 0 saturated carbocycles. The number of benzene rings is 2. The number of nitrogens with two attached hydrogens (primary N) is 1. The van der Waals surface area contributed by atoms with Crippen molar-refractivity contribution in [1.82, 2.24) is 4.90 Å². The van der Waals surface area contributed by atoms with Crippen molar-refractivity contribution in [3.05, 3.63) is 64.4 Å². The van der Waals surface area contributed by atoms with Crippen LogP contribution in [-0.4, -0.2) is 61.0 Å². The van der Waals surface area contributed by atoms with Gasteiger partial charge in [-0.2, -0.15) is 0 Å². The summed E-state index contributed by atoms with van der Waals surface area (Å²) in [5.74, 6) is -0.611. The van der Waals surface area contributed by atoms with Crippen molar-refractivity contribution in [2.75, 3.05) is 32.8 Å². The van der Waals surface area contributed by atoms with Crippen molar-refractivity contribution in [2.45, 2.75) is 25.0 Å². The molecule has 2 atom stereocenters. The fourth-order valence-corrected chi connectivity index (χ4v) is 3.67. The van der Waals surface area contributed by atoms with Gasteiger partial charge in [0.25, 0.3) is 5.91 Å². The number of aliphatic hydroxyl groups is 1.